The molecule has 6 rings (SSSR count). The number of aliphatic imine (C=N–C) groups is 1. The predicted octanol–water partition coefficient (Wildman–Crippen LogP) is 5.45. The molecule has 2 aromatic carbocycles. The summed E-state index contributed by atoms with van der Waals surface area (Å²) in [4.78, 5) is 61.7. The minimum Gasteiger partial charge on any atom is -0.446 e. The van der Waals surface area contributed by atoms with Gasteiger partial charge in [-0.3, -0.25) is 23.8 Å². The third-order valence-electron chi connectivity index (χ3n) is 14.2. The molecule has 0 unspecified atom stereocenters. The van der Waals surface area contributed by atoms with Crippen molar-refractivity contribution < 1.29 is 107 Å². The maximum Gasteiger partial charge on any atom is 0.407 e. The van der Waals surface area contributed by atoms with E-state index < -0.39 is 62.5 Å². The number of ether oxygens (including phenoxy) is 12. The van der Waals surface area contributed by atoms with Gasteiger partial charge in [0.25, 0.3) is 5.91 Å². The van der Waals surface area contributed by atoms with E-state index in [1.807, 2.05) is 42.2 Å². The molecule has 0 spiro atoms. The molecule has 1 aromatic heterocycles. The number of carbonyl (C=O) groups excluding carboxylic acids is 4. The van der Waals surface area contributed by atoms with Crippen molar-refractivity contribution in [2.75, 3.05) is 189 Å². The second-order valence-electron chi connectivity index (χ2n) is 21.2. The van der Waals surface area contributed by atoms with Crippen LogP contribution >= 0.6 is 11.3 Å². The molecule has 3 aliphatic rings. The van der Waals surface area contributed by atoms with Crippen LogP contribution in [0.15, 0.2) is 45.8 Å². The highest BCUT2D eigenvalue weighted by Gasteiger charge is 2.34. The van der Waals surface area contributed by atoms with Crippen LogP contribution in [-0.4, -0.2) is 243 Å². The van der Waals surface area contributed by atoms with Crippen molar-refractivity contribution in [1.29, 1.82) is 0 Å². The molecule has 26 nitrogen and oxygen atoms in total. The first-order chi connectivity index (χ1) is 45.0. The molecular formula is C61H87F4N7O19S2. The Labute approximate surface area is 543 Å². The highest BCUT2D eigenvalue weighted by atomic mass is 32.2. The average Bonchev–Trinajstić information content (AvgIpc) is 1.24. The highest BCUT2D eigenvalue weighted by Crippen LogP contribution is 2.36. The molecule has 520 valence electrons. The fourth-order valence-corrected chi connectivity index (χ4v) is 11.0. The molecule has 3 amide bonds. The van der Waals surface area contributed by atoms with E-state index in [0.29, 0.717) is 149 Å². The van der Waals surface area contributed by atoms with Crippen molar-refractivity contribution in [3.8, 4) is 5.75 Å². The zero-order valence-electron chi connectivity index (χ0n) is 52.5. The zero-order chi connectivity index (χ0) is 66.6. The van der Waals surface area contributed by atoms with Crippen LogP contribution in [0.4, 0.5) is 33.7 Å². The first kappa shape index (κ1) is 76.0. The maximum absolute atomic E-state index is 14.0. The number of amides is 3. The van der Waals surface area contributed by atoms with Crippen molar-refractivity contribution in [2.45, 2.75) is 69.4 Å². The average molecular weight is 1360 g/mol. The van der Waals surface area contributed by atoms with E-state index in [0.717, 1.165) is 79.5 Å². The van der Waals surface area contributed by atoms with Crippen LogP contribution in [0.1, 0.15) is 72.0 Å². The number of piperazine rings is 1. The van der Waals surface area contributed by atoms with E-state index in [1.165, 1.54) is 0 Å². The highest BCUT2D eigenvalue weighted by molar-refractivity contribution is 7.85. The minimum atomic E-state index is -5.65. The topological polar surface area (TPSA) is 306 Å². The van der Waals surface area contributed by atoms with Crippen LogP contribution in [0.3, 0.4) is 0 Å². The Morgan fingerprint density at radius 2 is 1.18 bits per heavy atom. The summed E-state index contributed by atoms with van der Waals surface area (Å²) in [6.07, 6.45) is 5.61. The fourth-order valence-electron chi connectivity index (χ4n) is 9.24. The number of anilines is 1. The quantitative estimate of drug-likeness (QED) is 0.0136. The summed E-state index contributed by atoms with van der Waals surface area (Å²) in [6.45, 7) is 14.1. The fraction of sp³-hybridized carbons (Fsp3) is 0.623. The third-order valence-corrected chi connectivity index (χ3v) is 16.2. The molecule has 0 radical (unpaired) electrons. The normalized spacial score (nSPS) is 14.5. The van der Waals surface area contributed by atoms with E-state index >= 15 is 0 Å². The smallest absolute Gasteiger partial charge is 0.407 e. The first-order valence-electron chi connectivity index (χ1n) is 31.1. The van der Waals surface area contributed by atoms with Gasteiger partial charge in [-0.05, 0) is 68.5 Å². The number of nitrogens with two attached hydrogens (primary N) is 1. The summed E-state index contributed by atoms with van der Waals surface area (Å²) in [5.74, 6) is -12.5. The summed E-state index contributed by atoms with van der Waals surface area (Å²) >= 11 is 1.64. The van der Waals surface area contributed by atoms with Gasteiger partial charge in [0.2, 0.25) is 23.3 Å². The van der Waals surface area contributed by atoms with Crippen LogP contribution in [0.5, 0.6) is 5.75 Å². The number of carbonyl (C=O) groups is 4. The maximum atomic E-state index is 14.0. The number of esters is 1. The summed E-state index contributed by atoms with van der Waals surface area (Å²) in [7, 11) is -5.65. The van der Waals surface area contributed by atoms with Gasteiger partial charge in [0.15, 0.2) is 16.5 Å². The van der Waals surface area contributed by atoms with Crippen LogP contribution in [0.2, 0.25) is 0 Å². The lowest BCUT2D eigenvalue weighted by molar-refractivity contribution is -0.136. The number of nitrogens with zero attached hydrogens (tertiary/aromatic N) is 4. The van der Waals surface area contributed by atoms with Gasteiger partial charge in [-0.25, -0.2) is 18.6 Å². The predicted molar refractivity (Wildman–Crippen MR) is 333 cm³/mol. The lowest BCUT2D eigenvalue weighted by atomic mass is 9.96. The first-order valence-corrected chi connectivity index (χ1v) is 33.3. The van der Waals surface area contributed by atoms with E-state index in [2.05, 4.69) is 31.2 Å². The molecule has 1 saturated carbocycles. The van der Waals surface area contributed by atoms with E-state index in [9.17, 15) is 45.2 Å². The number of thiophene rings is 1. The van der Waals surface area contributed by atoms with Crippen molar-refractivity contribution in [3.63, 3.8) is 0 Å². The number of alkyl carbamates (subject to hydrolysis) is 1. The van der Waals surface area contributed by atoms with Gasteiger partial charge < -0.3 is 83.0 Å². The summed E-state index contributed by atoms with van der Waals surface area (Å²) < 4.78 is 151. The number of rotatable bonds is 47. The molecule has 1 saturated heterocycles. The van der Waals surface area contributed by atoms with Crippen molar-refractivity contribution in [2.24, 2.45) is 10.7 Å². The van der Waals surface area contributed by atoms with Gasteiger partial charge in [-0.1, -0.05) is 6.92 Å². The lowest BCUT2D eigenvalue weighted by Gasteiger charge is -2.36. The number of nitrogens with one attached hydrogen (secondary N) is 2. The van der Waals surface area contributed by atoms with Crippen molar-refractivity contribution >= 4 is 68.6 Å². The van der Waals surface area contributed by atoms with Crippen LogP contribution < -0.4 is 26.0 Å². The molecule has 93 heavy (non-hydrogen) atoms. The Kier molecular flexibility index (Phi) is 34.7. The molecule has 2 fully saturated rings. The summed E-state index contributed by atoms with van der Waals surface area (Å²) in [5.41, 5.74) is 9.39. The Balaban J connectivity index is 0.664. The Bertz CT molecular complexity index is 2930. The lowest BCUT2D eigenvalue weighted by Crippen LogP contribution is -2.45. The molecule has 0 atom stereocenters. The molecule has 3 heterocycles. The van der Waals surface area contributed by atoms with Gasteiger partial charge in [-0.15, -0.1) is 11.3 Å². The van der Waals surface area contributed by atoms with E-state index in [-0.39, 0.29) is 57.4 Å². The molecular weight excluding hydrogens is 1270 g/mol. The molecule has 0 bridgehead atoms. The van der Waals surface area contributed by atoms with Crippen molar-refractivity contribution in [3.05, 3.63) is 74.5 Å². The molecule has 32 heteroatoms. The largest absolute Gasteiger partial charge is 0.446 e. The monoisotopic (exact) mass is 1360 g/mol. The van der Waals surface area contributed by atoms with Gasteiger partial charge in [0.05, 0.1) is 149 Å². The van der Waals surface area contributed by atoms with Gasteiger partial charge >= 0.3 is 22.2 Å². The van der Waals surface area contributed by atoms with E-state index in [1.54, 1.807) is 11.3 Å². The number of amidine groups is 1. The third kappa shape index (κ3) is 27.7. The second-order valence-corrected chi connectivity index (χ2v) is 23.8. The minimum absolute atomic E-state index is 0.0165. The standard InChI is InChI=1S/C61H87F4N7O19S2/c1-2-14-72(15-4-12-68-61(76)90-47-5-3-6-47)60(75)45-40-50-49(69-51(66)41-45)42-48(92-50)43-70-16-18-71(19-17-70)46-9-7-44(8-10-46)59(74)67-13-21-81-23-25-83-27-29-85-31-33-87-35-37-89-39-38-88-36-34-86-32-30-84-28-26-82-24-22-80-20-11-52(73)91-57-53(62)55(64)58(93(77,78)79)56(65)54(57)63/h7-10,40,42,47H,2-6,11-39,41,43H2,1H3,(H2,66,69)(H,67,74)(H,68,76)(H,77,78,79). The SMILES string of the molecule is CCCN(CCCNC(=O)OC1CCC1)C(=O)C1=Cc2sc(CN3CCN(c4ccc(C(=O)NCCOCCOCCOCCOCCOCCOCCOCCOCCOCCOCCC(=O)Oc5c(F)c(F)c(S(=O)(=O)O)c(F)c5F)cc4)CC3)cc2N=C(N)C1. The zero-order valence-corrected chi connectivity index (χ0v) is 54.1. The summed E-state index contributed by atoms with van der Waals surface area (Å²) in [6, 6.07) is 9.72. The number of benzene rings is 2. The van der Waals surface area contributed by atoms with Gasteiger partial charge in [0.1, 0.15) is 11.9 Å². The molecule has 2 aliphatic heterocycles. The molecule has 3 aromatic rings. The summed E-state index contributed by atoms with van der Waals surface area (Å²) in [5, 5.41) is 5.72. The Morgan fingerprint density at radius 1 is 0.677 bits per heavy atom. The Morgan fingerprint density at radius 3 is 1.67 bits per heavy atom. The van der Waals surface area contributed by atoms with Crippen LogP contribution in [-0.2, 0) is 78.4 Å². The Hall–Kier alpha value is -5.98. The van der Waals surface area contributed by atoms with Crippen molar-refractivity contribution in [1.82, 2.24) is 20.4 Å². The number of halogens is 4. The number of fused-ring (bicyclic) bond motifs is 1. The van der Waals surface area contributed by atoms with Gasteiger partial charge in [0, 0.05) is 87.0 Å². The second kappa shape index (κ2) is 42.5. The molecule has 5 N–H and O–H groups in total. The molecule has 1 aliphatic carbocycles. The number of hydrogen-bond acceptors (Lipinski definition) is 23. The number of hydrogen-bond donors (Lipinski definition) is 4. The van der Waals surface area contributed by atoms with Gasteiger partial charge in [-0.2, -0.15) is 17.2 Å². The van der Waals surface area contributed by atoms with Crippen LogP contribution in [0.25, 0.3) is 6.08 Å². The van der Waals surface area contributed by atoms with Crippen LogP contribution in [0, 0.1) is 23.3 Å². The van der Waals surface area contributed by atoms with E-state index in [4.69, 9.17) is 67.4 Å².